The summed E-state index contributed by atoms with van der Waals surface area (Å²) >= 11 is 0. The van der Waals surface area contributed by atoms with Gasteiger partial charge in [-0.1, -0.05) is 39.8 Å². The van der Waals surface area contributed by atoms with Crippen LogP contribution in [0.4, 0.5) is 5.69 Å². The fraction of sp³-hybridized carbons (Fsp3) is 0.524. The van der Waals surface area contributed by atoms with E-state index in [4.69, 9.17) is 0 Å². The molecule has 0 radical (unpaired) electrons. The van der Waals surface area contributed by atoms with Crippen molar-refractivity contribution in [2.24, 2.45) is 5.92 Å². The van der Waals surface area contributed by atoms with Crippen LogP contribution in [-0.4, -0.2) is 49.4 Å². The smallest absolute Gasteiger partial charge is 0.245 e. The van der Waals surface area contributed by atoms with Gasteiger partial charge in [-0.15, -0.1) is 12.8 Å². The van der Waals surface area contributed by atoms with Gasteiger partial charge in [-0.3, -0.25) is 9.59 Å². The maximum absolute atomic E-state index is 12.7. The Bertz CT molecular complexity index is 549. The van der Waals surface area contributed by atoms with Crippen LogP contribution < -0.4 is 16.0 Å². The zero-order valence-electron chi connectivity index (χ0n) is 17.0. The highest BCUT2D eigenvalue weighted by Gasteiger charge is 2.27. The molecule has 3 N–H and O–H groups in total. The number of rotatable bonds is 7. The van der Waals surface area contributed by atoms with Gasteiger partial charge in [0, 0.05) is 38.4 Å². The molecule has 1 aromatic rings. The Morgan fingerprint density at radius 1 is 1.19 bits per heavy atom. The van der Waals surface area contributed by atoms with Gasteiger partial charge in [0.15, 0.2) is 0 Å². The largest absolute Gasteiger partial charge is 0.373 e. The van der Waals surface area contributed by atoms with Crippen molar-refractivity contribution in [3.63, 3.8) is 0 Å². The van der Waals surface area contributed by atoms with Gasteiger partial charge in [-0.25, -0.2) is 0 Å². The number of benzene rings is 1. The molecular formula is C21H34N4O2. The number of piperazine rings is 1. The molecule has 6 heteroatoms. The van der Waals surface area contributed by atoms with Crippen molar-refractivity contribution in [1.82, 2.24) is 15.5 Å². The minimum absolute atomic E-state index is 0.160. The van der Waals surface area contributed by atoms with Gasteiger partial charge in [-0.2, -0.15) is 0 Å². The average molecular weight is 375 g/mol. The minimum Gasteiger partial charge on any atom is -0.373 e. The summed E-state index contributed by atoms with van der Waals surface area (Å²) in [6, 6.07) is 7.56. The summed E-state index contributed by atoms with van der Waals surface area (Å²) in [5.41, 5.74) is 1.94. The lowest BCUT2D eigenvalue weighted by atomic mass is 10.0. The molecule has 0 saturated carbocycles. The average Bonchev–Trinajstić information content (AvgIpc) is 2.74. The lowest BCUT2D eigenvalue weighted by Crippen LogP contribution is -2.52. The molecule has 1 aliphatic rings. The topological polar surface area (TPSA) is 73.5 Å². The van der Waals surface area contributed by atoms with E-state index in [2.05, 4.69) is 42.6 Å². The Hall–Kier alpha value is -2.52. The highest BCUT2D eigenvalue weighted by molar-refractivity contribution is 5.85. The van der Waals surface area contributed by atoms with Crippen molar-refractivity contribution < 1.29 is 9.59 Å². The lowest BCUT2D eigenvalue weighted by Gasteiger charge is -2.33. The first kappa shape index (κ1) is 24.5. The molecule has 27 heavy (non-hydrogen) atoms. The summed E-state index contributed by atoms with van der Waals surface area (Å²) in [4.78, 5) is 25.0. The Morgan fingerprint density at radius 2 is 1.74 bits per heavy atom. The van der Waals surface area contributed by atoms with E-state index < -0.39 is 0 Å². The van der Waals surface area contributed by atoms with Crippen molar-refractivity contribution in [2.45, 2.75) is 40.3 Å². The first-order valence-electron chi connectivity index (χ1n) is 9.47. The Morgan fingerprint density at radius 3 is 2.22 bits per heavy atom. The van der Waals surface area contributed by atoms with Gasteiger partial charge in [0.05, 0.1) is 0 Å². The number of carbonyl (C=O) groups is 2. The second kappa shape index (κ2) is 14.6. The fourth-order valence-corrected chi connectivity index (χ4v) is 2.65. The zero-order chi connectivity index (χ0) is 20.7. The van der Waals surface area contributed by atoms with Crippen molar-refractivity contribution in [2.75, 3.05) is 31.5 Å². The van der Waals surface area contributed by atoms with Crippen molar-refractivity contribution >= 4 is 18.0 Å². The first-order valence-corrected chi connectivity index (χ1v) is 9.47. The number of hydrogen-bond donors (Lipinski definition) is 3. The van der Waals surface area contributed by atoms with Crippen LogP contribution in [0.5, 0.6) is 0 Å². The molecule has 0 spiro atoms. The van der Waals surface area contributed by atoms with E-state index in [1.165, 1.54) is 0 Å². The number of anilines is 1. The van der Waals surface area contributed by atoms with Gasteiger partial charge < -0.3 is 20.9 Å². The summed E-state index contributed by atoms with van der Waals surface area (Å²) in [5, 5.41) is 9.26. The van der Waals surface area contributed by atoms with Crippen LogP contribution in [0.25, 0.3) is 0 Å². The second-order valence-electron chi connectivity index (χ2n) is 6.14. The number of nitrogens with zero attached hydrogens (tertiary/aromatic N) is 1. The SMILES string of the molecule is C#C.CC.CC(C)C(Nc1ccc(CNC=O)cc1)C(=O)N1CCNCC1. The minimum atomic E-state index is -0.230. The van der Waals surface area contributed by atoms with Gasteiger partial charge in [-0.05, 0) is 23.6 Å². The van der Waals surface area contributed by atoms with Crippen LogP contribution in [0.3, 0.4) is 0 Å². The molecular weight excluding hydrogens is 340 g/mol. The van der Waals surface area contributed by atoms with E-state index in [0.29, 0.717) is 13.0 Å². The molecule has 1 aromatic carbocycles. The third-order valence-electron chi connectivity index (χ3n) is 4.03. The highest BCUT2D eigenvalue weighted by Crippen LogP contribution is 2.16. The van der Waals surface area contributed by atoms with Crippen LogP contribution in [0, 0.1) is 18.8 Å². The molecule has 1 aliphatic heterocycles. The molecule has 1 fully saturated rings. The van der Waals surface area contributed by atoms with E-state index in [1.54, 1.807) is 0 Å². The third kappa shape index (κ3) is 8.61. The molecule has 0 aliphatic carbocycles. The monoisotopic (exact) mass is 374 g/mol. The van der Waals surface area contributed by atoms with Gasteiger partial charge in [0.25, 0.3) is 0 Å². The van der Waals surface area contributed by atoms with Gasteiger partial charge in [0.2, 0.25) is 12.3 Å². The number of terminal acetylenes is 1. The molecule has 1 saturated heterocycles. The Labute approximate surface area is 164 Å². The fourth-order valence-electron chi connectivity index (χ4n) is 2.65. The molecule has 1 unspecified atom stereocenters. The third-order valence-corrected chi connectivity index (χ3v) is 4.03. The van der Waals surface area contributed by atoms with Crippen LogP contribution in [0.1, 0.15) is 33.3 Å². The molecule has 1 heterocycles. The molecule has 150 valence electrons. The molecule has 6 nitrogen and oxygen atoms in total. The normalized spacial score (nSPS) is 14.0. The lowest BCUT2D eigenvalue weighted by molar-refractivity contribution is -0.133. The second-order valence-corrected chi connectivity index (χ2v) is 6.14. The molecule has 1 atom stereocenters. The summed E-state index contributed by atoms with van der Waals surface area (Å²) < 4.78 is 0. The Kier molecular flexibility index (Phi) is 13.3. The van der Waals surface area contributed by atoms with E-state index in [1.807, 2.05) is 43.0 Å². The predicted octanol–water partition coefficient (Wildman–Crippen LogP) is 2.08. The zero-order valence-corrected chi connectivity index (χ0v) is 17.0. The van der Waals surface area contributed by atoms with E-state index in [0.717, 1.165) is 37.4 Å². The van der Waals surface area contributed by atoms with Crippen molar-refractivity contribution in [3.8, 4) is 12.8 Å². The van der Waals surface area contributed by atoms with E-state index in [-0.39, 0.29) is 17.9 Å². The summed E-state index contributed by atoms with van der Waals surface area (Å²) in [6.07, 6.45) is 8.69. The number of hydrogen-bond acceptors (Lipinski definition) is 4. The van der Waals surface area contributed by atoms with Crippen molar-refractivity contribution in [3.05, 3.63) is 29.8 Å². The number of nitrogens with one attached hydrogen (secondary N) is 3. The summed E-state index contributed by atoms with van der Waals surface area (Å²) in [7, 11) is 0. The molecule has 0 aromatic heterocycles. The predicted molar refractivity (Wildman–Crippen MR) is 112 cm³/mol. The maximum atomic E-state index is 12.7. The van der Waals surface area contributed by atoms with Crippen LogP contribution in [0.15, 0.2) is 24.3 Å². The van der Waals surface area contributed by atoms with Gasteiger partial charge >= 0.3 is 0 Å². The highest BCUT2D eigenvalue weighted by atomic mass is 16.2. The van der Waals surface area contributed by atoms with Crippen LogP contribution >= 0.6 is 0 Å². The summed E-state index contributed by atoms with van der Waals surface area (Å²) in [5.74, 6) is 0.363. The molecule has 2 rings (SSSR count). The van der Waals surface area contributed by atoms with E-state index in [9.17, 15) is 9.59 Å². The number of amides is 2. The Balaban J connectivity index is 0.00000158. The standard InChI is InChI=1S/C17H26N4O2.C2H6.C2H2/c1-13(2)16(17(23)21-9-7-18-8-10-21)20-15-5-3-14(4-6-15)11-19-12-22;2*1-2/h3-6,12-13,16,18,20H,7-11H2,1-2H3,(H,19,22);1-2H3;1-2H. The maximum Gasteiger partial charge on any atom is 0.245 e. The quantitative estimate of drug-likeness (QED) is 0.505. The van der Waals surface area contributed by atoms with Crippen LogP contribution in [0.2, 0.25) is 0 Å². The number of carbonyl (C=O) groups excluding carboxylic acids is 2. The van der Waals surface area contributed by atoms with Crippen molar-refractivity contribution in [1.29, 1.82) is 0 Å². The molecule has 0 bridgehead atoms. The van der Waals surface area contributed by atoms with Crippen LogP contribution in [-0.2, 0) is 16.1 Å². The molecule has 2 amide bonds. The summed E-state index contributed by atoms with van der Waals surface area (Å²) in [6.45, 7) is 11.9. The van der Waals surface area contributed by atoms with E-state index >= 15 is 0 Å². The van der Waals surface area contributed by atoms with Gasteiger partial charge in [0.1, 0.15) is 6.04 Å². The first-order chi connectivity index (χ1) is 13.1.